The van der Waals surface area contributed by atoms with Crippen molar-refractivity contribution >= 4 is 0 Å². The molecule has 120 valence electrons. The Kier molecular flexibility index (Phi) is 4.05. The van der Waals surface area contributed by atoms with Crippen LogP contribution in [0.2, 0.25) is 0 Å². The summed E-state index contributed by atoms with van der Waals surface area (Å²) in [4.78, 5) is 16.7. The highest BCUT2D eigenvalue weighted by Gasteiger charge is 2.34. The first-order chi connectivity index (χ1) is 10.7. The lowest BCUT2D eigenvalue weighted by molar-refractivity contribution is 0.0101. The number of rotatable bonds is 3. The van der Waals surface area contributed by atoms with Crippen molar-refractivity contribution in [3.63, 3.8) is 0 Å². The maximum atomic E-state index is 13.9. The summed E-state index contributed by atoms with van der Waals surface area (Å²) in [5.74, 6) is -11.6. The first-order valence-electron chi connectivity index (χ1n) is 5.88. The van der Waals surface area contributed by atoms with Crippen molar-refractivity contribution in [3.8, 4) is 17.6 Å². The summed E-state index contributed by atoms with van der Waals surface area (Å²) >= 11 is 0. The van der Waals surface area contributed by atoms with Crippen molar-refractivity contribution in [1.82, 2.24) is 9.97 Å². The summed E-state index contributed by atoms with van der Waals surface area (Å²) in [6, 6.07) is 1.50. The number of hydrogen-bond acceptors (Lipinski definition) is 4. The molecule has 0 aliphatic heterocycles. The minimum Gasteiger partial charge on any atom is -0.443 e. The smallest absolute Gasteiger partial charge is 0.294 e. The first-order valence-corrected chi connectivity index (χ1v) is 5.88. The van der Waals surface area contributed by atoms with Gasteiger partial charge in [0, 0.05) is 6.92 Å². The molecule has 1 aromatic carbocycles. The van der Waals surface area contributed by atoms with Gasteiger partial charge in [0.1, 0.15) is 6.07 Å². The molecular weight excluding hydrogens is 325 g/mol. The highest BCUT2D eigenvalue weighted by molar-refractivity contribution is 5.43. The van der Waals surface area contributed by atoms with Crippen molar-refractivity contribution in [2.75, 3.05) is 0 Å². The minimum atomic E-state index is -3.68. The number of nitrogens with zero attached hydrogens (tertiary/aromatic N) is 2. The second-order valence-electron chi connectivity index (χ2n) is 4.37. The van der Waals surface area contributed by atoms with E-state index in [0.717, 1.165) is 0 Å². The van der Waals surface area contributed by atoms with Gasteiger partial charge < -0.3 is 9.72 Å². The molecule has 0 aliphatic carbocycles. The molecule has 5 nitrogen and oxygen atoms in total. The Balaban J connectivity index is 2.69. The second-order valence-corrected chi connectivity index (χ2v) is 4.37. The van der Waals surface area contributed by atoms with Crippen LogP contribution in [0.1, 0.15) is 18.2 Å². The highest BCUT2D eigenvalue weighted by Crippen LogP contribution is 2.35. The van der Waals surface area contributed by atoms with E-state index in [2.05, 4.69) is 9.72 Å². The fraction of sp³-hybridized carbons (Fsp3) is 0.154. The number of nitriles is 1. The monoisotopic (exact) mass is 331 g/mol. The third-order valence-electron chi connectivity index (χ3n) is 2.67. The number of H-pyrrole nitrogens is 1. The van der Waals surface area contributed by atoms with Crippen LogP contribution in [-0.4, -0.2) is 9.97 Å². The second kappa shape index (κ2) is 5.68. The Labute approximate surface area is 125 Å². The van der Waals surface area contributed by atoms with E-state index in [4.69, 9.17) is 5.26 Å². The van der Waals surface area contributed by atoms with E-state index in [-0.39, 0.29) is 6.07 Å². The summed E-state index contributed by atoms with van der Waals surface area (Å²) in [5, 5.41) is 8.63. The van der Waals surface area contributed by atoms with E-state index < -0.39 is 51.7 Å². The molecule has 0 atom stereocenters. The van der Waals surface area contributed by atoms with Crippen molar-refractivity contribution < 1.29 is 26.7 Å². The van der Waals surface area contributed by atoms with Crippen LogP contribution in [0.15, 0.2) is 17.2 Å². The Morgan fingerprint density at radius 3 is 2.48 bits per heavy atom. The Morgan fingerprint density at radius 1 is 1.26 bits per heavy atom. The third-order valence-corrected chi connectivity index (χ3v) is 2.67. The average molecular weight is 331 g/mol. The Hall–Kier alpha value is -2.96. The van der Waals surface area contributed by atoms with E-state index in [9.17, 15) is 26.7 Å². The molecule has 0 amide bonds. The van der Waals surface area contributed by atoms with Crippen LogP contribution < -0.4 is 10.3 Å². The number of ether oxygens (including phenoxy) is 1. The van der Waals surface area contributed by atoms with Crippen LogP contribution in [-0.2, 0) is 5.92 Å². The number of nitrogens with one attached hydrogen (secondary N) is 1. The molecule has 0 unspecified atom stereocenters. The van der Waals surface area contributed by atoms with Crippen LogP contribution in [0, 0.1) is 28.8 Å². The maximum absolute atomic E-state index is 13.9. The van der Waals surface area contributed by atoms with Crippen LogP contribution in [0.25, 0.3) is 0 Å². The van der Waals surface area contributed by atoms with Crippen LogP contribution in [0.4, 0.5) is 22.0 Å². The summed E-state index contributed by atoms with van der Waals surface area (Å²) in [7, 11) is 0. The molecule has 0 aliphatic rings. The van der Waals surface area contributed by atoms with Gasteiger partial charge in [-0.05, 0) is 6.07 Å². The molecule has 0 spiro atoms. The van der Waals surface area contributed by atoms with Crippen molar-refractivity contribution in [2.24, 2.45) is 0 Å². The summed E-state index contributed by atoms with van der Waals surface area (Å²) in [5.41, 5.74) is -3.40. The molecule has 10 heteroatoms. The van der Waals surface area contributed by atoms with Crippen molar-refractivity contribution in [3.05, 3.63) is 51.5 Å². The largest absolute Gasteiger partial charge is 0.443 e. The third kappa shape index (κ3) is 2.98. The maximum Gasteiger partial charge on any atom is 0.294 e. The van der Waals surface area contributed by atoms with Crippen molar-refractivity contribution in [1.29, 1.82) is 5.26 Å². The number of aromatic nitrogens is 2. The molecule has 1 heterocycles. The van der Waals surface area contributed by atoms with E-state index in [1.165, 1.54) is 6.07 Å². The Morgan fingerprint density at radius 2 is 1.91 bits per heavy atom. The Bertz CT molecular complexity index is 868. The van der Waals surface area contributed by atoms with Gasteiger partial charge in [-0.1, -0.05) is 0 Å². The molecule has 0 saturated heterocycles. The van der Waals surface area contributed by atoms with Crippen molar-refractivity contribution in [2.45, 2.75) is 12.8 Å². The van der Waals surface area contributed by atoms with Gasteiger partial charge in [0.05, 0.1) is 11.9 Å². The zero-order valence-electron chi connectivity index (χ0n) is 11.3. The molecular formula is C13H6F5N3O2. The lowest BCUT2D eigenvalue weighted by atomic mass is 10.2. The zero-order chi connectivity index (χ0) is 17.4. The number of alkyl halides is 2. The van der Waals surface area contributed by atoms with Gasteiger partial charge in [-0.2, -0.15) is 18.4 Å². The summed E-state index contributed by atoms with van der Waals surface area (Å²) in [6.45, 7) is 0.376. The molecule has 0 bridgehead atoms. The first kappa shape index (κ1) is 16.4. The number of aromatic amines is 1. The van der Waals surface area contributed by atoms with Gasteiger partial charge in [-0.15, -0.1) is 0 Å². The zero-order valence-corrected chi connectivity index (χ0v) is 11.3. The summed E-state index contributed by atoms with van der Waals surface area (Å²) < 4.78 is 72.2. The standard InChI is InChI=1S/C13H6F5N3O2/c1-13(17,18)11-10(12(22)21-4-20-11)23-9-7(15)5(3-19)2-6(14)8(9)16/h2,4H,1H3,(H,20,21,22). The summed E-state index contributed by atoms with van der Waals surface area (Å²) in [6.07, 6.45) is 0.640. The number of halogens is 5. The fourth-order valence-electron chi connectivity index (χ4n) is 1.65. The molecule has 2 aromatic rings. The molecule has 0 saturated carbocycles. The van der Waals surface area contributed by atoms with Crippen LogP contribution in [0.5, 0.6) is 11.5 Å². The molecule has 2 rings (SSSR count). The highest BCUT2D eigenvalue weighted by atomic mass is 19.3. The van der Waals surface area contributed by atoms with E-state index >= 15 is 0 Å². The van der Waals surface area contributed by atoms with Gasteiger partial charge in [-0.25, -0.2) is 13.8 Å². The topological polar surface area (TPSA) is 78.8 Å². The number of benzene rings is 1. The normalized spacial score (nSPS) is 11.2. The van der Waals surface area contributed by atoms with Gasteiger partial charge in [0.25, 0.3) is 11.5 Å². The minimum absolute atomic E-state index is 0.264. The van der Waals surface area contributed by atoms with Crippen LogP contribution >= 0.6 is 0 Å². The molecule has 1 aromatic heterocycles. The SMILES string of the molecule is CC(F)(F)c1nc[nH]c(=O)c1Oc1c(F)c(F)cc(C#N)c1F. The lowest BCUT2D eigenvalue weighted by Crippen LogP contribution is -2.20. The number of hydrogen-bond donors (Lipinski definition) is 1. The van der Waals surface area contributed by atoms with E-state index in [1.807, 2.05) is 4.98 Å². The lowest BCUT2D eigenvalue weighted by Gasteiger charge is -2.14. The molecule has 0 radical (unpaired) electrons. The van der Waals surface area contributed by atoms with Crippen LogP contribution in [0.3, 0.4) is 0 Å². The molecule has 1 N–H and O–H groups in total. The predicted molar refractivity (Wildman–Crippen MR) is 65.5 cm³/mol. The molecule has 0 fully saturated rings. The van der Waals surface area contributed by atoms with Gasteiger partial charge in [0.15, 0.2) is 17.3 Å². The average Bonchev–Trinajstić information content (AvgIpc) is 2.47. The van der Waals surface area contributed by atoms with Gasteiger partial charge in [0.2, 0.25) is 17.3 Å². The predicted octanol–water partition coefficient (Wildman–Crippen LogP) is 2.96. The van der Waals surface area contributed by atoms with Gasteiger partial charge >= 0.3 is 0 Å². The van der Waals surface area contributed by atoms with E-state index in [1.54, 1.807) is 0 Å². The quantitative estimate of drug-likeness (QED) is 0.693. The molecule has 23 heavy (non-hydrogen) atoms. The fourth-order valence-corrected chi connectivity index (χ4v) is 1.65. The van der Waals surface area contributed by atoms with Gasteiger partial charge in [-0.3, -0.25) is 4.79 Å². The van der Waals surface area contributed by atoms with E-state index in [0.29, 0.717) is 13.3 Å².